The van der Waals surface area contributed by atoms with E-state index in [9.17, 15) is 9.59 Å². The summed E-state index contributed by atoms with van der Waals surface area (Å²) in [5.41, 5.74) is 19.5. The Bertz CT molecular complexity index is 1830. The zero-order chi connectivity index (χ0) is 33.2. The number of anilines is 1. The van der Waals surface area contributed by atoms with E-state index in [0.29, 0.717) is 35.7 Å². The van der Waals surface area contributed by atoms with Crippen molar-refractivity contribution in [2.75, 3.05) is 37.6 Å². The largest absolute Gasteiger partial charge is 0.457 e. The average Bonchev–Trinajstić information content (AvgIpc) is 3.45. The molecule has 11 heteroatoms. The number of rotatable bonds is 9. The summed E-state index contributed by atoms with van der Waals surface area (Å²) in [6, 6.07) is 32.7. The third-order valence-corrected chi connectivity index (χ3v) is 7.59. The second-order valence-corrected chi connectivity index (χ2v) is 11.1. The number of guanidine groups is 1. The van der Waals surface area contributed by atoms with Gasteiger partial charge in [-0.1, -0.05) is 55.5 Å². The molecule has 242 valence electrons. The zero-order valence-electron chi connectivity index (χ0n) is 26.5. The molecule has 11 nitrogen and oxygen atoms in total. The van der Waals surface area contributed by atoms with E-state index in [-0.39, 0.29) is 18.4 Å². The van der Waals surface area contributed by atoms with Crippen molar-refractivity contribution in [1.82, 2.24) is 14.5 Å². The van der Waals surface area contributed by atoms with Crippen molar-refractivity contribution in [2.24, 2.45) is 22.2 Å². The highest BCUT2D eigenvalue weighted by Gasteiger charge is 2.24. The summed E-state index contributed by atoms with van der Waals surface area (Å²) in [5, 5.41) is 0. The number of ether oxygens (including phenoxy) is 1. The lowest BCUT2D eigenvalue weighted by atomic mass is 10.1. The topological polar surface area (TPSA) is 158 Å². The summed E-state index contributed by atoms with van der Waals surface area (Å²) in [5.74, 6) is 1.62. The Balaban J connectivity index is 0.000000559. The maximum Gasteiger partial charge on any atom is 0.254 e. The molecule has 47 heavy (non-hydrogen) atoms. The fraction of sp³-hybridized carbons (Fsp3) is 0.222. The summed E-state index contributed by atoms with van der Waals surface area (Å²) in [6.07, 6.45) is 0.998. The molecule has 0 unspecified atom stereocenters. The van der Waals surface area contributed by atoms with Crippen LogP contribution in [0.15, 0.2) is 108 Å². The molecular weight excluding hydrogens is 592 g/mol. The molecule has 0 atom stereocenters. The van der Waals surface area contributed by atoms with Crippen LogP contribution in [0.5, 0.6) is 11.5 Å². The van der Waals surface area contributed by atoms with Crippen LogP contribution in [0.1, 0.15) is 23.7 Å². The summed E-state index contributed by atoms with van der Waals surface area (Å²) < 4.78 is 7.79. The summed E-state index contributed by atoms with van der Waals surface area (Å²) >= 11 is 0. The molecule has 6 rings (SSSR count). The second-order valence-electron chi connectivity index (χ2n) is 11.1. The fourth-order valence-corrected chi connectivity index (χ4v) is 5.35. The van der Waals surface area contributed by atoms with Crippen molar-refractivity contribution < 1.29 is 14.3 Å². The number of hydrogen-bond donors (Lipinski definition) is 3. The standard InChI is InChI=1S/C32H29N5O3.C4H11N3/c33-30(38)22-37-29-15-14-24(32(39)36-18-16-35(17-19-36)25-9-3-1-4-10-25)21-28(29)34-31(37)23-8-7-13-27(20-23)40-26-11-5-2-6-12-26;1-2-3-7-4(5)6/h1-15,20-21H,16-19,22H2,(H2,33,38);2-3H2,1H3,(H4,5,6,7). The monoisotopic (exact) mass is 632 g/mol. The number of amides is 2. The van der Waals surface area contributed by atoms with E-state index >= 15 is 0 Å². The van der Waals surface area contributed by atoms with Gasteiger partial charge in [-0.15, -0.1) is 0 Å². The highest BCUT2D eigenvalue weighted by Crippen LogP contribution is 2.30. The van der Waals surface area contributed by atoms with Gasteiger partial charge in [0, 0.05) is 49.5 Å². The van der Waals surface area contributed by atoms with Crippen molar-refractivity contribution in [1.29, 1.82) is 0 Å². The van der Waals surface area contributed by atoms with Crippen LogP contribution in [0.2, 0.25) is 0 Å². The van der Waals surface area contributed by atoms with Crippen molar-refractivity contribution in [3.05, 3.63) is 109 Å². The molecule has 1 aliphatic heterocycles. The molecule has 2 amide bonds. The first-order chi connectivity index (χ1) is 22.8. The number of para-hydroxylation sites is 2. The maximum absolute atomic E-state index is 13.4. The van der Waals surface area contributed by atoms with Crippen LogP contribution < -0.4 is 26.8 Å². The van der Waals surface area contributed by atoms with Crippen LogP contribution in [0.3, 0.4) is 0 Å². The Hall–Kier alpha value is -5.84. The highest BCUT2D eigenvalue weighted by molar-refractivity contribution is 5.98. The molecule has 1 aromatic heterocycles. The van der Waals surface area contributed by atoms with Gasteiger partial charge >= 0.3 is 0 Å². The predicted octanol–water partition coefficient (Wildman–Crippen LogP) is 4.61. The van der Waals surface area contributed by atoms with Crippen molar-refractivity contribution in [3.8, 4) is 22.9 Å². The minimum atomic E-state index is -0.478. The molecule has 6 N–H and O–H groups in total. The lowest BCUT2D eigenvalue weighted by molar-refractivity contribution is -0.118. The summed E-state index contributed by atoms with van der Waals surface area (Å²) in [4.78, 5) is 38.2. The number of hydrogen-bond acceptors (Lipinski definition) is 6. The number of aliphatic imine (C=N–C) groups is 1. The average molecular weight is 633 g/mol. The normalized spacial score (nSPS) is 12.6. The van der Waals surface area contributed by atoms with Crippen molar-refractivity contribution in [3.63, 3.8) is 0 Å². The van der Waals surface area contributed by atoms with Crippen LogP contribution in [0.25, 0.3) is 22.4 Å². The lowest BCUT2D eigenvalue weighted by Crippen LogP contribution is -2.48. The van der Waals surface area contributed by atoms with Crippen LogP contribution in [0, 0.1) is 0 Å². The van der Waals surface area contributed by atoms with E-state index in [1.54, 1.807) is 16.7 Å². The molecule has 0 saturated carbocycles. The minimum Gasteiger partial charge on any atom is -0.457 e. The third kappa shape index (κ3) is 8.46. The van der Waals surface area contributed by atoms with Gasteiger partial charge in [-0.25, -0.2) is 4.98 Å². The van der Waals surface area contributed by atoms with Crippen LogP contribution in [0.4, 0.5) is 5.69 Å². The summed E-state index contributed by atoms with van der Waals surface area (Å²) in [6.45, 7) is 5.55. The second kappa shape index (κ2) is 15.4. The minimum absolute atomic E-state index is 0.0288. The van der Waals surface area contributed by atoms with E-state index in [2.05, 4.69) is 22.0 Å². The molecule has 1 saturated heterocycles. The van der Waals surface area contributed by atoms with Gasteiger partial charge in [0.15, 0.2) is 5.96 Å². The third-order valence-electron chi connectivity index (χ3n) is 7.59. The molecular formula is C36H40N8O3. The first-order valence-corrected chi connectivity index (χ1v) is 15.6. The molecule has 4 aromatic carbocycles. The molecule has 2 heterocycles. The van der Waals surface area contributed by atoms with Crippen molar-refractivity contribution >= 4 is 34.5 Å². The maximum atomic E-state index is 13.4. The van der Waals surface area contributed by atoms with E-state index in [4.69, 9.17) is 26.9 Å². The number of carbonyl (C=O) groups excluding carboxylic acids is 2. The first-order valence-electron chi connectivity index (χ1n) is 15.6. The van der Waals surface area contributed by atoms with Crippen molar-refractivity contribution in [2.45, 2.75) is 19.9 Å². The van der Waals surface area contributed by atoms with Gasteiger partial charge in [-0.2, -0.15) is 0 Å². The number of primary amides is 1. The van der Waals surface area contributed by atoms with E-state index in [1.165, 1.54) is 5.69 Å². The zero-order valence-corrected chi connectivity index (χ0v) is 26.5. The van der Waals surface area contributed by atoms with E-state index in [0.717, 1.165) is 42.9 Å². The Morgan fingerprint density at radius 3 is 2.13 bits per heavy atom. The number of aromatic nitrogens is 2. The van der Waals surface area contributed by atoms with Gasteiger partial charge < -0.3 is 36.3 Å². The van der Waals surface area contributed by atoms with Gasteiger partial charge in [0.05, 0.1) is 11.0 Å². The lowest BCUT2D eigenvalue weighted by Gasteiger charge is -2.36. The number of fused-ring (bicyclic) bond motifs is 1. The quantitative estimate of drug-likeness (QED) is 0.158. The molecule has 5 aromatic rings. The number of nitrogens with two attached hydrogens (primary N) is 3. The Morgan fingerprint density at radius 1 is 0.809 bits per heavy atom. The first kappa shape index (κ1) is 32.6. The van der Waals surface area contributed by atoms with Crippen LogP contribution >= 0.6 is 0 Å². The molecule has 0 aliphatic carbocycles. The van der Waals surface area contributed by atoms with E-state index in [1.807, 2.05) is 90.7 Å². The molecule has 0 bridgehead atoms. The van der Waals surface area contributed by atoms with E-state index < -0.39 is 5.91 Å². The van der Waals surface area contributed by atoms with Gasteiger partial charge in [0.25, 0.3) is 5.91 Å². The number of piperazine rings is 1. The predicted molar refractivity (Wildman–Crippen MR) is 186 cm³/mol. The molecule has 1 fully saturated rings. The van der Waals surface area contributed by atoms with Gasteiger partial charge in [0.1, 0.15) is 23.9 Å². The number of imidazole rings is 1. The smallest absolute Gasteiger partial charge is 0.254 e. The molecule has 0 spiro atoms. The Kier molecular flexibility index (Phi) is 10.7. The van der Waals surface area contributed by atoms with Gasteiger partial charge in [-0.05, 0) is 61.0 Å². The van der Waals surface area contributed by atoms with Crippen LogP contribution in [-0.4, -0.2) is 64.9 Å². The Morgan fingerprint density at radius 2 is 1.49 bits per heavy atom. The Labute approximate surface area is 274 Å². The molecule has 0 radical (unpaired) electrons. The highest BCUT2D eigenvalue weighted by atomic mass is 16.5. The molecule has 1 aliphatic rings. The summed E-state index contributed by atoms with van der Waals surface area (Å²) in [7, 11) is 0. The van der Waals surface area contributed by atoms with Gasteiger partial charge in [0.2, 0.25) is 5.91 Å². The number of benzene rings is 4. The number of carbonyl (C=O) groups is 2. The van der Waals surface area contributed by atoms with Gasteiger partial charge in [-0.3, -0.25) is 14.6 Å². The fourth-order valence-electron chi connectivity index (χ4n) is 5.35. The number of nitrogens with zero attached hydrogens (tertiary/aromatic N) is 5. The van der Waals surface area contributed by atoms with Crippen LogP contribution in [-0.2, 0) is 11.3 Å². The SMILES string of the molecule is CCCN=C(N)N.NC(=O)Cn1c(-c2cccc(Oc3ccccc3)c2)nc2cc(C(=O)N3CCN(c4ccccc4)CC3)ccc21.